The summed E-state index contributed by atoms with van der Waals surface area (Å²) in [7, 11) is 0. The molecule has 0 saturated carbocycles. The van der Waals surface area contributed by atoms with Crippen LogP contribution in [0.5, 0.6) is 0 Å². The molecular formula is C43H57N7O7. The van der Waals surface area contributed by atoms with Crippen molar-refractivity contribution >= 4 is 41.4 Å². The van der Waals surface area contributed by atoms with E-state index < -0.39 is 77.6 Å². The van der Waals surface area contributed by atoms with Gasteiger partial charge in [-0.05, 0) is 61.8 Å². The Hall–Kier alpha value is -6.05. The number of carbonyl (C=O) groups excluding carboxylic acids is 7. The van der Waals surface area contributed by atoms with Gasteiger partial charge in [0.05, 0.1) is 0 Å². The van der Waals surface area contributed by atoms with E-state index >= 15 is 0 Å². The second-order valence-corrected chi connectivity index (χ2v) is 15.1. The summed E-state index contributed by atoms with van der Waals surface area (Å²) in [6.45, 7) is 10.4. The van der Waals surface area contributed by atoms with Crippen LogP contribution in [0.15, 0.2) is 91.0 Å². The molecule has 8 N–H and O–H groups in total. The molecule has 14 nitrogen and oxygen atoms in total. The molecular weight excluding hydrogens is 727 g/mol. The fourth-order valence-electron chi connectivity index (χ4n) is 5.99. The van der Waals surface area contributed by atoms with Gasteiger partial charge in [-0.25, -0.2) is 0 Å². The van der Waals surface area contributed by atoms with Crippen LogP contribution in [-0.2, 0) is 41.6 Å². The van der Waals surface area contributed by atoms with E-state index in [0.29, 0.717) is 12.0 Å². The van der Waals surface area contributed by atoms with Crippen LogP contribution < -0.4 is 37.6 Å². The fraction of sp³-hybridized carbons (Fsp3) is 0.419. The van der Waals surface area contributed by atoms with Gasteiger partial charge in [-0.15, -0.1) is 0 Å². The number of amides is 7. The van der Waals surface area contributed by atoms with E-state index in [-0.39, 0.29) is 31.1 Å². The molecule has 0 bridgehead atoms. The van der Waals surface area contributed by atoms with Gasteiger partial charge >= 0.3 is 0 Å². The van der Waals surface area contributed by atoms with Crippen LogP contribution in [0.3, 0.4) is 0 Å². The summed E-state index contributed by atoms with van der Waals surface area (Å²) >= 11 is 0. The maximum Gasteiger partial charge on any atom is 0.251 e. The van der Waals surface area contributed by atoms with Gasteiger partial charge in [0.15, 0.2) is 0 Å². The molecule has 0 radical (unpaired) electrons. The highest BCUT2D eigenvalue weighted by Crippen LogP contribution is 2.11. The number of hydrogen-bond acceptors (Lipinski definition) is 7. The van der Waals surface area contributed by atoms with E-state index in [1.54, 1.807) is 54.6 Å². The quantitative estimate of drug-likeness (QED) is 0.0855. The second kappa shape index (κ2) is 22.5. The van der Waals surface area contributed by atoms with E-state index in [2.05, 4.69) is 31.9 Å². The Kier molecular flexibility index (Phi) is 17.9. The van der Waals surface area contributed by atoms with Crippen LogP contribution in [0.4, 0.5) is 0 Å². The van der Waals surface area contributed by atoms with Crippen molar-refractivity contribution in [2.45, 2.75) is 103 Å². The lowest BCUT2D eigenvalue weighted by Crippen LogP contribution is -2.59. The number of carbonyl (C=O) groups is 7. The summed E-state index contributed by atoms with van der Waals surface area (Å²) in [6.07, 6.45) is 0.805. The number of rotatable bonds is 21. The first-order valence-corrected chi connectivity index (χ1v) is 19.3. The van der Waals surface area contributed by atoms with Crippen molar-refractivity contribution in [2.24, 2.45) is 17.6 Å². The van der Waals surface area contributed by atoms with Gasteiger partial charge in [-0.3, -0.25) is 33.6 Å². The lowest BCUT2D eigenvalue weighted by molar-refractivity contribution is -0.134. The van der Waals surface area contributed by atoms with Gasteiger partial charge in [0.2, 0.25) is 35.4 Å². The van der Waals surface area contributed by atoms with Crippen molar-refractivity contribution in [3.05, 3.63) is 108 Å². The van der Waals surface area contributed by atoms with Crippen LogP contribution >= 0.6 is 0 Å². The molecule has 6 atom stereocenters. The van der Waals surface area contributed by atoms with Gasteiger partial charge in [0, 0.05) is 18.4 Å². The molecule has 0 unspecified atom stereocenters. The summed E-state index contributed by atoms with van der Waals surface area (Å²) in [5, 5.41) is 16.1. The molecule has 7 amide bonds. The van der Waals surface area contributed by atoms with Crippen LogP contribution in [-0.4, -0.2) is 77.6 Å². The lowest BCUT2D eigenvalue weighted by atomic mass is 10.00. The molecule has 0 aromatic heterocycles. The highest BCUT2D eigenvalue weighted by Gasteiger charge is 2.32. The van der Waals surface area contributed by atoms with Crippen LogP contribution in [0, 0.1) is 11.8 Å². The zero-order valence-electron chi connectivity index (χ0n) is 33.5. The number of hydrogen-bond donors (Lipinski definition) is 7. The summed E-state index contributed by atoms with van der Waals surface area (Å²) in [4.78, 5) is 92.7. The van der Waals surface area contributed by atoms with E-state index in [0.717, 1.165) is 11.1 Å². The van der Waals surface area contributed by atoms with Crippen LogP contribution in [0.25, 0.3) is 0 Å². The lowest BCUT2D eigenvalue weighted by Gasteiger charge is -2.26. The molecule has 3 aromatic rings. The number of nitrogens with one attached hydrogen (secondary N) is 6. The molecule has 306 valence electrons. The van der Waals surface area contributed by atoms with Gasteiger partial charge < -0.3 is 37.6 Å². The first-order valence-electron chi connectivity index (χ1n) is 19.3. The Balaban J connectivity index is 1.72. The monoisotopic (exact) mass is 783 g/mol. The summed E-state index contributed by atoms with van der Waals surface area (Å²) in [5.41, 5.74) is 7.39. The third kappa shape index (κ3) is 15.5. The number of benzene rings is 3. The van der Waals surface area contributed by atoms with Crippen molar-refractivity contribution < 1.29 is 33.6 Å². The third-order valence-electron chi connectivity index (χ3n) is 9.07. The molecule has 3 rings (SSSR count). The average molecular weight is 784 g/mol. The Morgan fingerprint density at radius 1 is 0.439 bits per heavy atom. The van der Waals surface area contributed by atoms with Crippen molar-refractivity contribution in [1.82, 2.24) is 31.9 Å². The van der Waals surface area contributed by atoms with Crippen LogP contribution in [0.1, 0.15) is 75.9 Å². The van der Waals surface area contributed by atoms with Crippen molar-refractivity contribution in [3.63, 3.8) is 0 Å². The van der Waals surface area contributed by atoms with E-state index in [1.807, 2.05) is 64.1 Å². The first kappa shape index (κ1) is 45.3. The van der Waals surface area contributed by atoms with Gasteiger partial charge in [0.25, 0.3) is 5.91 Å². The smallest absolute Gasteiger partial charge is 0.251 e. The largest absolute Gasteiger partial charge is 0.368 e. The topological polar surface area (TPSA) is 218 Å². The standard InChI is InChI=1S/C43H57N7O7/c1-26(2)22-33(37(44)51)47-42(56)34(23-27(3)4)48-39(53)29(6)45-38(52)28(5)46-41(55)35(24-30-16-10-7-11-17-30)50-43(57)36(25-31-18-12-8-13-19-31)49-40(54)32-20-14-9-15-21-32/h7-21,26-29,33-36H,22-25H2,1-6H3,(H2,44,51)(H,45,52)(H,46,55)(H,47,56)(H,48,53)(H,49,54)(H,50,57)/t28-,29-,33-,34-,35-,36-/m0/s1. The highest BCUT2D eigenvalue weighted by molar-refractivity contribution is 5.99. The summed E-state index contributed by atoms with van der Waals surface area (Å²) in [5.74, 6) is -4.26. The molecule has 0 saturated heterocycles. The predicted molar refractivity (Wildman–Crippen MR) is 217 cm³/mol. The van der Waals surface area contributed by atoms with Crippen LogP contribution in [0.2, 0.25) is 0 Å². The highest BCUT2D eigenvalue weighted by atomic mass is 16.2. The summed E-state index contributed by atoms with van der Waals surface area (Å²) in [6, 6.07) is 20.2. The second-order valence-electron chi connectivity index (χ2n) is 15.1. The normalized spacial score (nSPS) is 14.2. The van der Waals surface area contributed by atoms with Crippen molar-refractivity contribution in [3.8, 4) is 0 Å². The minimum Gasteiger partial charge on any atom is -0.368 e. The number of primary amides is 1. The third-order valence-corrected chi connectivity index (χ3v) is 9.07. The van der Waals surface area contributed by atoms with E-state index in [4.69, 9.17) is 5.73 Å². The van der Waals surface area contributed by atoms with Gasteiger partial charge in [-0.2, -0.15) is 0 Å². The predicted octanol–water partition coefficient (Wildman–Crippen LogP) is 2.31. The molecule has 0 aliphatic carbocycles. The number of nitrogens with two attached hydrogens (primary N) is 1. The molecule has 0 heterocycles. The first-order chi connectivity index (χ1) is 27.0. The average Bonchev–Trinajstić information content (AvgIpc) is 3.17. The Bertz CT molecular complexity index is 1810. The SMILES string of the molecule is CC(C)C[C@H](NC(=O)[C@H](CC(C)C)NC(=O)[C@H](C)NC(=O)[C@H](C)NC(=O)[C@H](Cc1ccccc1)NC(=O)[C@H](Cc1ccccc1)NC(=O)c1ccccc1)C(N)=O. The Labute approximate surface area is 334 Å². The molecule has 57 heavy (non-hydrogen) atoms. The zero-order valence-corrected chi connectivity index (χ0v) is 33.5. The maximum atomic E-state index is 13.9. The van der Waals surface area contributed by atoms with Gasteiger partial charge in [0.1, 0.15) is 36.3 Å². The molecule has 0 aliphatic rings. The minimum atomic E-state index is -1.15. The Morgan fingerprint density at radius 3 is 1.26 bits per heavy atom. The summed E-state index contributed by atoms with van der Waals surface area (Å²) < 4.78 is 0. The van der Waals surface area contributed by atoms with Crippen molar-refractivity contribution in [2.75, 3.05) is 0 Å². The fourth-order valence-corrected chi connectivity index (χ4v) is 5.99. The Morgan fingerprint density at radius 2 is 0.789 bits per heavy atom. The van der Waals surface area contributed by atoms with Crippen molar-refractivity contribution in [1.29, 1.82) is 0 Å². The van der Waals surface area contributed by atoms with E-state index in [1.165, 1.54) is 13.8 Å². The molecule has 0 spiro atoms. The van der Waals surface area contributed by atoms with Gasteiger partial charge in [-0.1, -0.05) is 107 Å². The van der Waals surface area contributed by atoms with E-state index in [9.17, 15) is 33.6 Å². The zero-order chi connectivity index (χ0) is 42.1. The minimum absolute atomic E-state index is 0.00335. The molecule has 14 heteroatoms. The molecule has 0 fully saturated rings. The molecule has 0 aliphatic heterocycles. The maximum absolute atomic E-state index is 13.9. The molecule has 3 aromatic carbocycles.